The Bertz CT molecular complexity index is 430. The van der Waals surface area contributed by atoms with Gasteiger partial charge in [-0.2, -0.15) is 5.26 Å². The maximum Gasteiger partial charge on any atom is 0.240 e. The van der Waals surface area contributed by atoms with Crippen molar-refractivity contribution in [2.75, 3.05) is 19.6 Å². The average Bonchev–Trinajstić information content (AvgIpc) is 3.07. The van der Waals surface area contributed by atoms with Crippen LogP contribution in [0, 0.1) is 28.6 Å². The van der Waals surface area contributed by atoms with Crippen LogP contribution >= 0.6 is 0 Å². The van der Waals surface area contributed by atoms with Crippen molar-refractivity contribution in [3.8, 4) is 6.07 Å². The van der Waals surface area contributed by atoms with Crippen molar-refractivity contribution >= 4 is 5.91 Å². The molecule has 0 radical (unpaired) electrons. The number of nitrogens with zero attached hydrogens (tertiary/aromatic N) is 2. The molecule has 4 heteroatoms. The lowest BCUT2D eigenvalue weighted by Gasteiger charge is -2.39. The molecule has 21 heavy (non-hydrogen) atoms. The van der Waals surface area contributed by atoms with Crippen LogP contribution in [0.4, 0.5) is 0 Å². The molecule has 3 rings (SSSR count). The predicted molar refractivity (Wildman–Crippen MR) is 81.4 cm³/mol. The number of rotatable bonds is 4. The van der Waals surface area contributed by atoms with Crippen molar-refractivity contribution in [2.24, 2.45) is 17.3 Å². The number of hydrogen-bond acceptors (Lipinski definition) is 3. The van der Waals surface area contributed by atoms with Crippen molar-refractivity contribution in [3.05, 3.63) is 0 Å². The number of nitrogens with one attached hydrogen (secondary N) is 1. The molecule has 0 aromatic rings. The molecule has 0 aromatic carbocycles. The van der Waals surface area contributed by atoms with Gasteiger partial charge in [0.2, 0.25) is 5.91 Å². The minimum absolute atomic E-state index is 0.0178. The van der Waals surface area contributed by atoms with Crippen molar-refractivity contribution < 1.29 is 4.79 Å². The van der Waals surface area contributed by atoms with E-state index in [1.54, 1.807) is 0 Å². The highest BCUT2D eigenvalue weighted by atomic mass is 16.2. The third kappa shape index (κ3) is 3.08. The number of nitriles is 1. The fourth-order valence-electron chi connectivity index (χ4n) is 4.46. The maximum atomic E-state index is 12.4. The molecule has 0 bridgehead atoms. The number of carbonyl (C=O) groups is 1. The summed E-state index contributed by atoms with van der Waals surface area (Å²) in [6, 6.07) is 2.51. The Morgan fingerprint density at radius 3 is 2.67 bits per heavy atom. The Balaban J connectivity index is 1.46. The monoisotopic (exact) mass is 289 g/mol. The van der Waals surface area contributed by atoms with Gasteiger partial charge in [-0.15, -0.1) is 0 Å². The molecule has 3 aliphatic rings. The van der Waals surface area contributed by atoms with E-state index in [1.165, 1.54) is 32.2 Å². The van der Waals surface area contributed by atoms with Crippen molar-refractivity contribution in [1.82, 2.24) is 10.2 Å². The number of likely N-dealkylation sites (tertiary alicyclic amines) is 1. The van der Waals surface area contributed by atoms with E-state index >= 15 is 0 Å². The minimum atomic E-state index is -0.724. The fourth-order valence-corrected chi connectivity index (χ4v) is 4.46. The van der Waals surface area contributed by atoms with Crippen LogP contribution in [0.2, 0.25) is 0 Å². The highest BCUT2D eigenvalue weighted by molar-refractivity contribution is 5.86. The van der Waals surface area contributed by atoms with Crippen LogP contribution in [0.25, 0.3) is 0 Å². The Hall–Kier alpha value is -1.08. The van der Waals surface area contributed by atoms with E-state index in [0.29, 0.717) is 5.92 Å². The molecule has 1 heterocycles. The molecule has 1 atom stereocenters. The summed E-state index contributed by atoms with van der Waals surface area (Å²) in [5.74, 6) is 1.37. The van der Waals surface area contributed by atoms with Crippen molar-refractivity contribution in [2.45, 2.75) is 57.9 Å². The topological polar surface area (TPSA) is 56.1 Å². The number of amides is 1. The second kappa shape index (κ2) is 5.96. The first-order valence-corrected chi connectivity index (χ1v) is 8.56. The van der Waals surface area contributed by atoms with Gasteiger partial charge in [0.25, 0.3) is 0 Å². The van der Waals surface area contributed by atoms with Gasteiger partial charge in [0, 0.05) is 25.7 Å². The molecular formula is C17H27N3O. The molecular weight excluding hydrogens is 262 g/mol. The van der Waals surface area contributed by atoms with Gasteiger partial charge in [0.1, 0.15) is 5.41 Å². The first-order chi connectivity index (χ1) is 10.1. The van der Waals surface area contributed by atoms with E-state index in [-0.39, 0.29) is 11.9 Å². The van der Waals surface area contributed by atoms with Gasteiger partial charge in [-0.25, -0.2) is 0 Å². The predicted octanol–water partition coefficient (Wildman–Crippen LogP) is 2.31. The summed E-state index contributed by atoms with van der Waals surface area (Å²) in [7, 11) is 0. The summed E-state index contributed by atoms with van der Waals surface area (Å²) >= 11 is 0. The van der Waals surface area contributed by atoms with Gasteiger partial charge in [0.15, 0.2) is 0 Å². The van der Waals surface area contributed by atoms with Gasteiger partial charge in [0.05, 0.1) is 6.07 Å². The van der Waals surface area contributed by atoms with Crippen LogP contribution in [0.1, 0.15) is 51.9 Å². The molecule has 0 aromatic heterocycles. The van der Waals surface area contributed by atoms with Crippen LogP contribution in [0.15, 0.2) is 0 Å². The Morgan fingerprint density at radius 2 is 2.05 bits per heavy atom. The SMILES string of the molecule is CC1CC(C#N)(C(=O)NC2CCN(CC3CCCC3)C2)C1. The molecule has 1 aliphatic heterocycles. The Kier molecular flexibility index (Phi) is 4.21. The number of carbonyl (C=O) groups excluding carboxylic acids is 1. The standard InChI is InChI=1S/C17H27N3O/c1-13-8-17(9-13,12-18)16(21)19-15-6-7-20(11-15)10-14-4-2-3-5-14/h13-15H,2-11H2,1H3,(H,19,21). The third-order valence-electron chi connectivity index (χ3n) is 5.64. The Morgan fingerprint density at radius 1 is 1.33 bits per heavy atom. The first kappa shape index (κ1) is 14.8. The largest absolute Gasteiger partial charge is 0.351 e. The molecule has 116 valence electrons. The second-order valence-corrected chi connectivity index (χ2v) is 7.58. The van der Waals surface area contributed by atoms with Gasteiger partial charge in [-0.05, 0) is 43.9 Å². The van der Waals surface area contributed by atoms with E-state index in [4.69, 9.17) is 0 Å². The summed E-state index contributed by atoms with van der Waals surface area (Å²) < 4.78 is 0. The van der Waals surface area contributed by atoms with E-state index in [1.807, 2.05) is 0 Å². The van der Waals surface area contributed by atoms with Crippen molar-refractivity contribution in [1.29, 1.82) is 5.26 Å². The molecule has 4 nitrogen and oxygen atoms in total. The molecule has 0 spiro atoms. The highest BCUT2D eigenvalue weighted by Gasteiger charge is 2.49. The Labute approximate surface area is 127 Å². The summed E-state index contributed by atoms with van der Waals surface area (Å²) in [6.07, 6.45) is 8.03. The summed E-state index contributed by atoms with van der Waals surface area (Å²) in [5, 5.41) is 12.5. The van der Waals surface area contributed by atoms with E-state index in [0.717, 1.165) is 38.3 Å². The second-order valence-electron chi connectivity index (χ2n) is 7.58. The lowest BCUT2D eigenvalue weighted by molar-refractivity contribution is -0.134. The quantitative estimate of drug-likeness (QED) is 0.864. The van der Waals surface area contributed by atoms with E-state index in [9.17, 15) is 10.1 Å². The zero-order valence-corrected chi connectivity index (χ0v) is 13.1. The van der Waals surface area contributed by atoms with Crippen LogP contribution in [0.5, 0.6) is 0 Å². The zero-order chi connectivity index (χ0) is 14.9. The maximum absolute atomic E-state index is 12.4. The summed E-state index contributed by atoms with van der Waals surface area (Å²) in [5.41, 5.74) is -0.724. The van der Waals surface area contributed by atoms with Gasteiger partial charge in [-0.3, -0.25) is 4.79 Å². The van der Waals surface area contributed by atoms with E-state index < -0.39 is 5.41 Å². The molecule has 1 unspecified atom stereocenters. The normalized spacial score (nSPS) is 37.1. The van der Waals surface area contributed by atoms with Crippen LogP contribution in [0.3, 0.4) is 0 Å². The molecule has 2 saturated carbocycles. The van der Waals surface area contributed by atoms with Crippen molar-refractivity contribution in [3.63, 3.8) is 0 Å². The van der Waals surface area contributed by atoms with Gasteiger partial charge >= 0.3 is 0 Å². The lowest BCUT2D eigenvalue weighted by Crippen LogP contribution is -2.51. The first-order valence-electron chi connectivity index (χ1n) is 8.56. The molecule has 1 saturated heterocycles. The number of hydrogen-bond donors (Lipinski definition) is 1. The third-order valence-corrected chi connectivity index (χ3v) is 5.64. The van der Waals surface area contributed by atoms with E-state index in [2.05, 4.69) is 23.2 Å². The fraction of sp³-hybridized carbons (Fsp3) is 0.882. The van der Waals surface area contributed by atoms with Crippen LogP contribution < -0.4 is 5.32 Å². The molecule has 1 amide bonds. The molecule has 3 fully saturated rings. The van der Waals surface area contributed by atoms with Crippen LogP contribution in [-0.4, -0.2) is 36.5 Å². The zero-order valence-electron chi connectivity index (χ0n) is 13.1. The highest BCUT2D eigenvalue weighted by Crippen LogP contribution is 2.45. The van der Waals surface area contributed by atoms with Crippen LogP contribution in [-0.2, 0) is 4.79 Å². The molecule has 1 N–H and O–H groups in total. The van der Waals surface area contributed by atoms with Gasteiger partial charge in [-0.1, -0.05) is 19.8 Å². The summed E-state index contributed by atoms with van der Waals surface area (Å²) in [6.45, 7) is 5.38. The van der Waals surface area contributed by atoms with Gasteiger partial charge < -0.3 is 10.2 Å². The summed E-state index contributed by atoms with van der Waals surface area (Å²) in [4.78, 5) is 14.9. The lowest BCUT2D eigenvalue weighted by atomic mass is 9.63. The molecule has 2 aliphatic carbocycles. The minimum Gasteiger partial charge on any atom is -0.351 e. The average molecular weight is 289 g/mol. The smallest absolute Gasteiger partial charge is 0.240 e.